The van der Waals surface area contributed by atoms with Gasteiger partial charge in [0.05, 0.1) is 4.90 Å². The number of Topliss-reactive ketones (excluding diaryl/α,β-unsaturated/α-hetero) is 1. The Kier molecular flexibility index (Phi) is 5.53. The van der Waals surface area contributed by atoms with Crippen LogP contribution in [0.2, 0.25) is 0 Å². The Hall–Kier alpha value is -2.77. The molecule has 1 amide bonds. The molecule has 3 rings (SSSR count). The van der Waals surface area contributed by atoms with Gasteiger partial charge >= 0.3 is 0 Å². The van der Waals surface area contributed by atoms with Crippen molar-refractivity contribution in [3.63, 3.8) is 0 Å². The minimum Gasteiger partial charge on any atom is -0.323 e. The van der Waals surface area contributed by atoms with Crippen LogP contribution in [0.1, 0.15) is 35.7 Å². The van der Waals surface area contributed by atoms with Gasteiger partial charge in [-0.1, -0.05) is 12.1 Å². The van der Waals surface area contributed by atoms with Crippen molar-refractivity contribution in [2.24, 2.45) is 0 Å². The minimum absolute atomic E-state index is 0.0365. The molecule has 2 aromatic rings. The van der Waals surface area contributed by atoms with Crippen LogP contribution >= 0.6 is 0 Å². The number of anilines is 1. The number of amides is 1. The van der Waals surface area contributed by atoms with E-state index in [2.05, 4.69) is 10.0 Å². The third-order valence-corrected chi connectivity index (χ3v) is 5.61. The largest absolute Gasteiger partial charge is 0.323 e. The summed E-state index contributed by atoms with van der Waals surface area (Å²) in [5.41, 5.74) is 1.87. The molecule has 0 aromatic heterocycles. The van der Waals surface area contributed by atoms with E-state index in [1.54, 1.807) is 42.5 Å². The van der Waals surface area contributed by atoms with Crippen molar-refractivity contribution in [2.75, 3.05) is 5.32 Å². The van der Waals surface area contributed by atoms with Crippen LogP contribution in [0.15, 0.2) is 59.5 Å². The van der Waals surface area contributed by atoms with Gasteiger partial charge in [-0.15, -0.1) is 0 Å². The van der Waals surface area contributed by atoms with Gasteiger partial charge in [0.15, 0.2) is 5.78 Å². The van der Waals surface area contributed by atoms with Gasteiger partial charge in [-0.05, 0) is 67.8 Å². The van der Waals surface area contributed by atoms with Gasteiger partial charge < -0.3 is 5.32 Å². The number of carbonyl (C=O) groups is 2. The van der Waals surface area contributed by atoms with E-state index in [0.29, 0.717) is 16.8 Å². The Morgan fingerprint density at radius 3 is 2.19 bits per heavy atom. The molecule has 1 fully saturated rings. The number of ketones is 1. The van der Waals surface area contributed by atoms with E-state index in [-0.39, 0.29) is 22.6 Å². The van der Waals surface area contributed by atoms with Crippen molar-refractivity contribution in [3.8, 4) is 0 Å². The second-order valence-corrected chi connectivity index (χ2v) is 8.13. The highest BCUT2D eigenvalue weighted by Crippen LogP contribution is 2.22. The zero-order valence-electron chi connectivity index (χ0n) is 14.8. The van der Waals surface area contributed by atoms with Crippen molar-refractivity contribution >= 4 is 33.5 Å². The van der Waals surface area contributed by atoms with E-state index in [9.17, 15) is 18.0 Å². The van der Waals surface area contributed by atoms with E-state index in [0.717, 1.165) is 12.8 Å². The quantitative estimate of drug-likeness (QED) is 0.567. The summed E-state index contributed by atoms with van der Waals surface area (Å²) in [6.45, 7) is 1.48. The van der Waals surface area contributed by atoms with Crippen LogP contribution < -0.4 is 10.0 Å². The first-order valence-corrected chi connectivity index (χ1v) is 10.0. The third-order valence-electron chi connectivity index (χ3n) is 4.08. The highest BCUT2D eigenvalue weighted by molar-refractivity contribution is 7.89. The molecule has 0 spiro atoms. The first kappa shape index (κ1) is 19.0. The summed E-state index contributed by atoms with van der Waals surface area (Å²) in [4.78, 5) is 23.4. The zero-order valence-corrected chi connectivity index (χ0v) is 15.6. The van der Waals surface area contributed by atoms with Crippen LogP contribution in [0.4, 0.5) is 5.69 Å². The number of nitrogens with one attached hydrogen (secondary N) is 2. The molecule has 0 unspecified atom stereocenters. The average Bonchev–Trinajstić information content (AvgIpc) is 3.44. The van der Waals surface area contributed by atoms with Gasteiger partial charge in [-0.3, -0.25) is 9.59 Å². The van der Waals surface area contributed by atoms with Crippen LogP contribution in [0, 0.1) is 0 Å². The molecule has 0 radical (unpaired) electrons. The second kappa shape index (κ2) is 7.85. The molecule has 6 nitrogen and oxygen atoms in total. The first-order valence-electron chi connectivity index (χ1n) is 8.56. The molecule has 1 aliphatic rings. The summed E-state index contributed by atoms with van der Waals surface area (Å²) < 4.78 is 26.9. The van der Waals surface area contributed by atoms with Gasteiger partial charge in [0.25, 0.3) is 0 Å². The fourth-order valence-corrected chi connectivity index (χ4v) is 3.70. The van der Waals surface area contributed by atoms with Crippen molar-refractivity contribution in [1.29, 1.82) is 0 Å². The highest BCUT2D eigenvalue weighted by atomic mass is 32.2. The van der Waals surface area contributed by atoms with Crippen molar-refractivity contribution in [1.82, 2.24) is 4.72 Å². The lowest BCUT2D eigenvalue weighted by Gasteiger charge is -2.05. The molecule has 1 aliphatic carbocycles. The molecule has 0 saturated heterocycles. The molecule has 7 heteroatoms. The average molecular weight is 384 g/mol. The maximum Gasteiger partial charge on any atom is 0.248 e. The molecule has 140 valence electrons. The molecule has 1 saturated carbocycles. The van der Waals surface area contributed by atoms with Gasteiger partial charge in [0.2, 0.25) is 15.9 Å². The molecule has 0 heterocycles. The molecule has 27 heavy (non-hydrogen) atoms. The first-order chi connectivity index (χ1) is 12.8. The Morgan fingerprint density at radius 2 is 1.63 bits per heavy atom. The minimum atomic E-state index is -3.47. The van der Waals surface area contributed by atoms with Crippen LogP contribution in [-0.4, -0.2) is 26.2 Å². The number of sulfonamides is 1. The fourth-order valence-electron chi connectivity index (χ4n) is 2.39. The maximum absolute atomic E-state index is 12.1. The summed E-state index contributed by atoms with van der Waals surface area (Å²) in [6, 6.07) is 13.0. The predicted octanol–water partition coefficient (Wildman–Crippen LogP) is 2.98. The summed E-state index contributed by atoms with van der Waals surface area (Å²) >= 11 is 0. The van der Waals surface area contributed by atoms with Crippen LogP contribution in [-0.2, 0) is 14.8 Å². The monoisotopic (exact) mass is 384 g/mol. The smallest absolute Gasteiger partial charge is 0.248 e. The van der Waals surface area contributed by atoms with E-state index in [1.165, 1.54) is 25.1 Å². The van der Waals surface area contributed by atoms with Crippen LogP contribution in [0.25, 0.3) is 6.08 Å². The van der Waals surface area contributed by atoms with E-state index in [1.807, 2.05) is 0 Å². The SMILES string of the molecule is CC(=O)c1ccc(NC(=O)/C=C/c2ccc(S(=O)(=O)NC3CC3)cc2)cc1. The molecule has 2 N–H and O–H groups in total. The number of rotatable bonds is 7. The lowest BCUT2D eigenvalue weighted by Crippen LogP contribution is -2.25. The van der Waals surface area contributed by atoms with E-state index < -0.39 is 10.0 Å². The summed E-state index contributed by atoms with van der Waals surface area (Å²) in [7, 11) is -3.47. The predicted molar refractivity (Wildman–Crippen MR) is 104 cm³/mol. The molecular formula is C20H20N2O4S. The standard InChI is InChI=1S/C20H20N2O4S/c1-14(23)16-5-7-17(8-6-16)21-20(24)13-4-15-2-11-19(12-3-15)27(25,26)22-18-9-10-18/h2-8,11-13,18,22H,9-10H2,1H3,(H,21,24)/b13-4+. The van der Waals surface area contributed by atoms with Crippen LogP contribution in [0.5, 0.6) is 0 Å². The fraction of sp³-hybridized carbons (Fsp3) is 0.200. The number of benzene rings is 2. The Balaban J connectivity index is 1.59. The van der Waals surface area contributed by atoms with Crippen LogP contribution in [0.3, 0.4) is 0 Å². The van der Waals surface area contributed by atoms with Gasteiger partial charge in [0, 0.05) is 23.4 Å². The van der Waals surface area contributed by atoms with E-state index >= 15 is 0 Å². The third kappa shape index (κ3) is 5.35. The number of hydrogen-bond donors (Lipinski definition) is 2. The normalized spacial score (nSPS) is 14.3. The van der Waals surface area contributed by atoms with Gasteiger partial charge in [-0.25, -0.2) is 13.1 Å². The Morgan fingerprint density at radius 1 is 1.00 bits per heavy atom. The molecular weight excluding hydrogens is 364 g/mol. The van der Waals surface area contributed by atoms with Gasteiger partial charge in [-0.2, -0.15) is 0 Å². The van der Waals surface area contributed by atoms with E-state index in [4.69, 9.17) is 0 Å². The summed E-state index contributed by atoms with van der Waals surface area (Å²) in [6.07, 6.45) is 4.73. The topological polar surface area (TPSA) is 92.3 Å². The number of hydrogen-bond acceptors (Lipinski definition) is 4. The number of carbonyl (C=O) groups excluding carboxylic acids is 2. The Bertz CT molecular complexity index is 974. The Labute approximate surface area is 158 Å². The van der Waals surface area contributed by atoms with Crippen molar-refractivity contribution in [3.05, 3.63) is 65.7 Å². The summed E-state index contributed by atoms with van der Waals surface area (Å²) in [5, 5.41) is 2.70. The van der Waals surface area contributed by atoms with Crippen molar-refractivity contribution in [2.45, 2.75) is 30.7 Å². The lowest BCUT2D eigenvalue weighted by molar-refractivity contribution is -0.111. The highest BCUT2D eigenvalue weighted by Gasteiger charge is 2.27. The molecule has 2 aromatic carbocycles. The second-order valence-electron chi connectivity index (χ2n) is 6.42. The lowest BCUT2D eigenvalue weighted by atomic mass is 10.1. The zero-order chi connectivity index (χ0) is 19.4. The summed E-state index contributed by atoms with van der Waals surface area (Å²) in [5.74, 6) is -0.358. The van der Waals surface area contributed by atoms with Gasteiger partial charge in [0.1, 0.15) is 0 Å². The maximum atomic E-state index is 12.1. The molecule has 0 atom stereocenters. The van der Waals surface area contributed by atoms with Crippen molar-refractivity contribution < 1.29 is 18.0 Å². The molecule has 0 bridgehead atoms. The molecule has 0 aliphatic heterocycles.